The van der Waals surface area contributed by atoms with E-state index in [1.165, 1.54) is 12.1 Å². The van der Waals surface area contributed by atoms with Crippen LogP contribution in [0.1, 0.15) is 19.4 Å². The molecule has 1 aliphatic heterocycles. The monoisotopic (exact) mass is 294 g/mol. The molecule has 1 aliphatic rings. The van der Waals surface area contributed by atoms with Gasteiger partial charge >= 0.3 is 0 Å². The topological polar surface area (TPSA) is 102 Å². The fourth-order valence-electron chi connectivity index (χ4n) is 2.78. The van der Waals surface area contributed by atoms with Crippen molar-refractivity contribution in [3.8, 4) is 0 Å². The van der Waals surface area contributed by atoms with Crippen LogP contribution in [0, 0.1) is 20.2 Å². The van der Waals surface area contributed by atoms with Crippen molar-refractivity contribution in [2.24, 2.45) is 0 Å². The van der Waals surface area contributed by atoms with Gasteiger partial charge in [0.25, 0.3) is 11.4 Å². The highest BCUT2D eigenvalue weighted by atomic mass is 16.6. The molecule has 0 bridgehead atoms. The van der Waals surface area contributed by atoms with E-state index in [4.69, 9.17) is 0 Å². The highest BCUT2D eigenvalue weighted by Crippen LogP contribution is 2.26. The quantitative estimate of drug-likeness (QED) is 0.669. The predicted octanol–water partition coefficient (Wildman–Crippen LogP) is 1.69. The zero-order chi connectivity index (χ0) is 15.6. The summed E-state index contributed by atoms with van der Waals surface area (Å²) in [6, 6.07) is 4.45. The Kier molecular flexibility index (Phi) is 4.49. The van der Waals surface area contributed by atoms with Gasteiger partial charge in [0.05, 0.1) is 15.9 Å². The lowest BCUT2D eigenvalue weighted by Gasteiger charge is -2.36. The fourth-order valence-corrected chi connectivity index (χ4v) is 2.78. The van der Waals surface area contributed by atoms with Gasteiger partial charge in [-0.3, -0.25) is 25.1 Å². The largest absolute Gasteiger partial charge is 0.309 e. The molecule has 0 spiro atoms. The highest BCUT2D eigenvalue weighted by molar-refractivity contribution is 5.49. The Balaban J connectivity index is 2.23. The van der Waals surface area contributed by atoms with Gasteiger partial charge in [0.1, 0.15) is 0 Å². The molecule has 114 valence electrons. The number of hydrogen-bond acceptors (Lipinski definition) is 6. The molecular weight excluding hydrogens is 276 g/mol. The SMILES string of the molecule is CC1CN(Cc2ccc([N+](=O)[O-])cc2[N+](=O)[O-])CC(C)N1. The molecule has 1 fully saturated rings. The van der Waals surface area contributed by atoms with Crippen LogP contribution in [0.5, 0.6) is 0 Å². The lowest BCUT2D eigenvalue weighted by atomic mass is 10.1. The number of benzene rings is 1. The van der Waals surface area contributed by atoms with E-state index in [0.717, 1.165) is 19.2 Å². The second-order valence-corrected chi connectivity index (χ2v) is 5.49. The van der Waals surface area contributed by atoms with Gasteiger partial charge in [-0.25, -0.2) is 0 Å². The summed E-state index contributed by atoms with van der Waals surface area (Å²) in [6.07, 6.45) is 0. The lowest BCUT2D eigenvalue weighted by molar-refractivity contribution is -0.394. The molecule has 0 aromatic heterocycles. The van der Waals surface area contributed by atoms with Crippen molar-refractivity contribution in [1.82, 2.24) is 10.2 Å². The number of nitrogens with one attached hydrogen (secondary N) is 1. The molecule has 1 aromatic rings. The molecule has 8 nitrogen and oxygen atoms in total. The normalized spacial score (nSPS) is 23.0. The van der Waals surface area contributed by atoms with Crippen LogP contribution in [0.2, 0.25) is 0 Å². The van der Waals surface area contributed by atoms with Crippen LogP contribution in [0.25, 0.3) is 0 Å². The number of rotatable bonds is 4. The number of hydrogen-bond donors (Lipinski definition) is 1. The van der Waals surface area contributed by atoms with Crippen molar-refractivity contribution in [3.63, 3.8) is 0 Å². The van der Waals surface area contributed by atoms with Gasteiger partial charge in [-0.2, -0.15) is 0 Å². The number of nitro groups is 2. The standard InChI is InChI=1S/C13H18N4O4/c1-9-6-15(7-10(2)14-9)8-11-3-4-12(16(18)19)5-13(11)17(20)21/h3-5,9-10,14H,6-8H2,1-2H3. The zero-order valence-electron chi connectivity index (χ0n) is 12.0. The summed E-state index contributed by atoms with van der Waals surface area (Å²) >= 11 is 0. The first kappa shape index (κ1) is 15.3. The maximum Gasteiger partial charge on any atom is 0.280 e. The summed E-state index contributed by atoms with van der Waals surface area (Å²) in [5.41, 5.74) is 0.0578. The minimum atomic E-state index is -0.619. The molecule has 1 heterocycles. The average Bonchev–Trinajstić information content (AvgIpc) is 2.37. The third-order valence-electron chi connectivity index (χ3n) is 3.50. The van der Waals surface area contributed by atoms with Gasteiger partial charge in [0, 0.05) is 43.3 Å². The molecule has 21 heavy (non-hydrogen) atoms. The highest BCUT2D eigenvalue weighted by Gasteiger charge is 2.25. The number of nitrogens with zero attached hydrogens (tertiary/aromatic N) is 3. The summed E-state index contributed by atoms with van der Waals surface area (Å²) in [7, 11) is 0. The molecule has 8 heteroatoms. The molecule has 1 saturated heterocycles. The Morgan fingerprint density at radius 3 is 2.33 bits per heavy atom. The van der Waals surface area contributed by atoms with Crippen LogP contribution in [-0.2, 0) is 6.54 Å². The molecule has 2 atom stereocenters. The van der Waals surface area contributed by atoms with Gasteiger partial charge in [-0.05, 0) is 19.9 Å². The molecule has 0 saturated carbocycles. The number of piperazine rings is 1. The maximum absolute atomic E-state index is 11.1. The van der Waals surface area contributed by atoms with Gasteiger partial charge < -0.3 is 5.32 Å². The summed E-state index contributed by atoms with van der Waals surface area (Å²) < 4.78 is 0. The molecule has 0 aliphatic carbocycles. The van der Waals surface area contributed by atoms with Crippen molar-refractivity contribution < 1.29 is 9.85 Å². The van der Waals surface area contributed by atoms with Crippen molar-refractivity contribution in [1.29, 1.82) is 0 Å². The van der Waals surface area contributed by atoms with E-state index in [2.05, 4.69) is 24.1 Å². The first-order valence-electron chi connectivity index (χ1n) is 6.77. The van der Waals surface area contributed by atoms with Crippen LogP contribution in [-0.4, -0.2) is 39.9 Å². The van der Waals surface area contributed by atoms with Gasteiger partial charge in [-0.1, -0.05) is 0 Å². The molecule has 1 aromatic carbocycles. The first-order valence-corrected chi connectivity index (χ1v) is 6.77. The second kappa shape index (κ2) is 6.15. The zero-order valence-corrected chi connectivity index (χ0v) is 12.0. The van der Waals surface area contributed by atoms with Crippen LogP contribution < -0.4 is 5.32 Å². The summed E-state index contributed by atoms with van der Waals surface area (Å²) in [4.78, 5) is 22.8. The summed E-state index contributed by atoms with van der Waals surface area (Å²) in [6.45, 7) is 6.13. The lowest BCUT2D eigenvalue weighted by Crippen LogP contribution is -2.53. The third kappa shape index (κ3) is 3.73. The fraction of sp³-hybridized carbons (Fsp3) is 0.538. The molecule has 2 rings (SSSR count). The Bertz CT molecular complexity index is 553. The third-order valence-corrected chi connectivity index (χ3v) is 3.50. The van der Waals surface area contributed by atoms with E-state index < -0.39 is 9.85 Å². The van der Waals surface area contributed by atoms with Gasteiger partial charge in [-0.15, -0.1) is 0 Å². The molecular formula is C13H18N4O4. The Morgan fingerprint density at radius 2 is 1.81 bits per heavy atom. The molecule has 1 N–H and O–H groups in total. The predicted molar refractivity (Wildman–Crippen MR) is 77.1 cm³/mol. The van der Waals surface area contributed by atoms with Crippen LogP contribution >= 0.6 is 0 Å². The molecule has 2 unspecified atom stereocenters. The molecule has 0 amide bonds. The van der Waals surface area contributed by atoms with E-state index >= 15 is 0 Å². The average molecular weight is 294 g/mol. The van der Waals surface area contributed by atoms with Crippen molar-refractivity contribution in [2.45, 2.75) is 32.5 Å². The van der Waals surface area contributed by atoms with Crippen LogP contribution in [0.15, 0.2) is 18.2 Å². The number of non-ortho nitro benzene ring substituents is 1. The van der Waals surface area contributed by atoms with E-state index in [0.29, 0.717) is 24.2 Å². The second-order valence-electron chi connectivity index (χ2n) is 5.49. The van der Waals surface area contributed by atoms with Crippen molar-refractivity contribution >= 4 is 11.4 Å². The van der Waals surface area contributed by atoms with Crippen LogP contribution in [0.4, 0.5) is 11.4 Å². The maximum atomic E-state index is 11.1. The smallest absolute Gasteiger partial charge is 0.280 e. The molecule has 0 radical (unpaired) electrons. The Hall–Kier alpha value is -2.06. The minimum absolute atomic E-state index is 0.192. The Labute approximate surface area is 122 Å². The van der Waals surface area contributed by atoms with E-state index in [1.807, 2.05) is 0 Å². The minimum Gasteiger partial charge on any atom is -0.309 e. The van der Waals surface area contributed by atoms with Gasteiger partial charge in [0.2, 0.25) is 0 Å². The van der Waals surface area contributed by atoms with Crippen LogP contribution in [0.3, 0.4) is 0 Å². The van der Waals surface area contributed by atoms with Gasteiger partial charge in [0.15, 0.2) is 0 Å². The van der Waals surface area contributed by atoms with E-state index in [1.54, 1.807) is 0 Å². The first-order chi connectivity index (χ1) is 9.86. The Morgan fingerprint density at radius 1 is 1.19 bits per heavy atom. The van der Waals surface area contributed by atoms with Crippen molar-refractivity contribution in [3.05, 3.63) is 44.0 Å². The number of nitro benzene ring substituents is 2. The summed E-state index contributed by atoms with van der Waals surface area (Å²) in [5.74, 6) is 0. The summed E-state index contributed by atoms with van der Waals surface area (Å²) in [5, 5.41) is 25.2. The van der Waals surface area contributed by atoms with E-state index in [9.17, 15) is 20.2 Å². The van der Waals surface area contributed by atoms with Crippen molar-refractivity contribution in [2.75, 3.05) is 13.1 Å². The van der Waals surface area contributed by atoms with E-state index in [-0.39, 0.29) is 11.4 Å².